The van der Waals surface area contributed by atoms with E-state index < -0.39 is 0 Å². The minimum absolute atomic E-state index is 0.287. The van der Waals surface area contributed by atoms with E-state index in [0.29, 0.717) is 34.1 Å². The van der Waals surface area contributed by atoms with Crippen LogP contribution in [0.1, 0.15) is 0 Å². The Labute approximate surface area is 177 Å². The third-order valence-electron chi connectivity index (χ3n) is 4.16. The smallest absolute Gasteiger partial charge is 0.196 e. The van der Waals surface area contributed by atoms with Gasteiger partial charge in [-0.3, -0.25) is 4.57 Å². The topological polar surface area (TPSA) is 39.9 Å². The van der Waals surface area contributed by atoms with Crippen molar-refractivity contribution in [2.24, 2.45) is 0 Å². The van der Waals surface area contributed by atoms with Crippen molar-refractivity contribution in [2.75, 3.05) is 12.4 Å². The summed E-state index contributed by atoms with van der Waals surface area (Å²) in [6.07, 6.45) is 0. The molecule has 0 aliphatic heterocycles. The molecular formula is C22H17ClFN3OS. The van der Waals surface area contributed by atoms with Gasteiger partial charge < -0.3 is 4.74 Å². The molecule has 0 spiro atoms. The number of hydrogen-bond acceptors (Lipinski definition) is 4. The number of hydrogen-bond donors (Lipinski definition) is 0. The zero-order valence-corrected chi connectivity index (χ0v) is 16.9. The lowest BCUT2D eigenvalue weighted by molar-refractivity contribution is 0.344. The number of para-hydroxylation sites is 1. The maximum Gasteiger partial charge on any atom is 0.196 e. The monoisotopic (exact) mass is 425 g/mol. The van der Waals surface area contributed by atoms with Crippen LogP contribution in [0, 0.1) is 5.82 Å². The molecule has 0 radical (unpaired) electrons. The number of nitrogens with zero attached hydrogens (tertiary/aromatic N) is 3. The first-order valence-corrected chi connectivity index (χ1v) is 10.4. The Bertz CT molecular complexity index is 1090. The maximum atomic E-state index is 13.4. The summed E-state index contributed by atoms with van der Waals surface area (Å²) in [5, 5.41) is 10.0. The third-order valence-corrected chi connectivity index (χ3v) is 5.36. The molecule has 0 aliphatic carbocycles. The molecule has 0 saturated heterocycles. The van der Waals surface area contributed by atoms with E-state index in [2.05, 4.69) is 10.2 Å². The van der Waals surface area contributed by atoms with Gasteiger partial charge in [0.15, 0.2) is 11.0 Å². The van der Waals surface area contributed by atoms with Gasteiger partial charge in [0.2, 0.25) is 0 Å². The number of thioether (sulfide) groups is 1. The number of aromatic nitrogens is 3. The fraction of sp³-hybridized carbons (Fsp3) is 0.0909. The lowest BCUT2D eigenvalue weighted by atomic mass is 10.2. The first-order chi connectivity index (χ1) is 14.2. The van der Waals surface area contributed by atoms with Gasteiger partial charge in [-0.25, -0.2) is 4.39 Å². The molecule has 0 bridgehead atoms. The SMILES string of the molecule is Fc1ccc(-n2c(SCCOc3ccccc3Cl)nnc2-c2ccccc2)cc1. The molecule has 4 rings (SSSR count). The average Bonchev–Trinajstić information content (AvgIpc) is 3.17. The first-order valence-electron chi connectivity index (χ1n) is 8.99. The molecule has 0 amide bonds. The average molecular weight is 426 g/mol. The molecule has 4 nitrogen and oxygen atoms in total. The Morgan fingerprint density at radius 1 is 0.897 bits per heavy atom. The second-order valence-electron chi connectivity index (χ2n) is 6.11. The van der Waals surface area contributed by atoms with Gasteiger partial charge in [0.25, 0.3) is 0 Å². The summed E-state index contributed by atoms with van der Waals surface area (Å²) in [6.45, 7) is 0.464. The Morgan fingerprint density at radius 2 is 1.62 bits per heavy atom. The van der Waals surface area contributed by atoms with Crippen LogP contribution in [-0.2, 0) is 0 Å². The highest BCUT2D eigenvalue weighted by Gasteiger charge is 2.16. The van der Waals surface area contributed by atoms with Crippen LogP contribution in [0.5, 0.6) is 5.75 Å². The normalized spacial score (nSPS) is 10.8. The van der Waals surface area contributed by atoms with Crippen molar-refractivity contribution in [2.45, 2.75) is 5.16 Å². The van der Waals surface area contributed by atoms with Crippen LogP contribution in [0.2, 0.25) is 5.02 Å². The van der Waals surface area contributed by atoms with Gasteiger partial charge in [-0.1, -0.05) is 65.8 Å². The van der Waals surface area contributed by atoms with E-state index in [0.717, 1.165) is 11.3 Å². The summed E-state index contributed by atoms with van der Waals surface area (Å²) in [4.78, 5) is 0. The Balaban J connectivity index is 1.56. The fourth-order valence-corrected chi connectivity index (χ4v) is 3.77. The molecule has 29 heavy (non-hydrogen) atoms. The molecule has 7 heteroatoms. The molecule has 3 aromatic carbocycles. The highest BCUT2D eigenvalue weighted by molar-refractivity contribution is 7.99. The second kappa shape index (κ2) is 9.11. The number of rotatable bonds is 7. The van der Waals surface area contributed by atoms with E-state index in [4.69, 9.17) is 16.3 Å². The minimum Gasteiger partial charge on any atom is -0.491 e. The van der Waals surface area contributed by atoms with Crippen LogP contribution in [0.3, 0.4) is 0 Å². The van der Waals surface area contributed by atoms with E-state index >= 15 is 0 Å². The summed E-state index contributed by atoms with van der Waals surface area (Å²) in [6, 6.07) is 23.5. The maximum absolute atomic E-state index is 13.4. The highest BCUT2D eigenvalue weighted by atomic mass is 35.5. The molecule has 0 unspecified atom stereocenters. The molecule has 0 fully saturated rings. The van der Waals surface area contributed by atoms with Crippen molar-refractivity contribution in [1.82, 2.24) is 14.8 Å². The van der Waals surface area contributed by atoms with E-state index in [9.17, 15) is 4.39 Å². The Kier molecular flexibility index (Phi) is 6.12. The van der Waals surface area contributed by atoms with Crippen LogP contribution < -0.4 is 4.74 Å². The standard InChI is InChI=1S/C22H17ClFN3OS/c23-19-8-4-5-9-20(19)28-14-15-29-22-26-25-21(16-6-2-1-3-7-16)27(22)18-12-10-17(24)11-13-18/h1-13H,14-15H2. The molecule has 4 aromatic rings. The summed E-state index contributed by atoms with van der Waals surface area (Å²) in [5.74, 6) is 1.72. The highest BCUT2D eigenvalue weighted by Crippen LogP contribution is 2.28. The van der Waals surface area contributed by atoms with Crippen LogP contribution in [0.25, 0.3) is 17.1 Å². The van der Waals surface area contributed by atoms with Crippen molar-refractivity contribution < 1.29 is 9.13 Å². The van der Waals surface area contributed by atoms with Crippen LogP contribution in [0.15, 0.2) is 84.0 Å². The van der Waals surface area contributed by atoms with Crippen LogP contribution in [0.4, 0.5) is 4.39 Å². The lowest BCUT2D eigenvalue weighted by Crippen LogP contribution is -2.03. The number of halogens is 2. The third kappa shape index (κ3) is 4.60. The number of benzene rings is 3. The Hall–Kier alpha value is -2.83. The molecule has 0 saturated carbocycles. The molecule has 1 heterocycles. The Morgan fingerprint density at radius 3 is 2.38 bits per heavy atom. The van der Waals surface area contributed by atoms with Crippen molar-refractivity contribution >= 4 is 23.4 Å². The van der Waals surface area contributed by atoms with Crippen LogP contribution in [-0.4, -0.2) is 27.1 Å². The van der Waals surface area contributed by atoms with Crippen molar-refractivity contribution in [3.05, 3.63) is 89.7 Å². The van der Waals surface area contributed by atoms with Crippen LogP contribution >= 0.6 is 23.4 Å². The predicted octanol–water partition coefficient (Wildman–Crippen LogP) is 5.90. The van der Waals surface area contributed by atoms with Gasteiger partial charge in [0.05, 0.1) is 11.6 Å². The van der Waals surface area contributed by atoms with Crippen molar-refractivity contribution in [1.29, 1.82) is 0 Å². The summed E-state index contributed by atoms with van der Waals surface area (Å²) < 4.78 is 21.1. The quantitative estimate of drug-likeness (QED) is 0.273. The minimum atomic E-state index is -0.287. The molecule has 1 aromatic heterocycles. The fourth-order valence-electron chi connectivity index (χ4n) is 2.81. The first kappa shape index (κ1) is 19.5. The van der Waals surface area contributed by atoms with E-state index in [1.54, 1.807) is 18.2 Å². The molecule has 146 valence electrons. The predicted molar refractivity (Wildman–Crippen MR) is 114 cm³/mol. The van der Waals surface area contributed by atoms with E-state index in [-0.39, 0.29) is 5.82 Å². The van der Waals surface area contributed by atoms with Gasteiger partial charge in [-0.05, 0) is 36.4 Å². The summed E-state index contributed by atoms with van der Waals surface area (Å²) in [5.41, 5.74) is 1.73. The van der Waals surface area contributed by atoms with Crippen molar-refractivity contribution in [3.8, 4) is 22.8 Å². The van der Waals surface area contributed by atoms with E-state index in [1.807, 2.05) is 53.1 Å². The second-order valence-corrected chi connectivity index (χ2v) is 7.58. The largest absolute Gasteiger partial charge is 0.491 e. The van der Waals surface area contributed by atoms with Gasteiger partial charge in [0.1, 0.15) is 11.6 Å². The molecule has 0 N–H and O–H groups in total. The number of ether oxygens (including phenoxy) is 1. The molecule has 0 aliphatic rings. The zero-order chi connectivity index (χ0) is 20.1. The van der Waals surface area contributed by atoms with Gasteiger partial charge in [-0.2, -0.15) is 0 Å². The van der Waals surface area contributed by atoms with Crippen molar-refractivity contribution in [3.63, 3.8) is 0 Å². The van der Waals surface area contributed by atoms with E-state index in [1.165, 1.54) is 23.9 Å². The summed E-state index contributed by atoms with van der Waals surface area (Å²) >= 11 is 7.63. The molecule has 0 atom stereocenters. The van der Waals surface area contributed by atoms with Gasteiger partial charge in [0, 0.05) is 17.0 Å². The van der Waals surface area contributed by atoms with Gasteiger partial charge in [-0.15, -0.1) is 10.2 Å². The summed E-state index contributed by atoms with van der Waals surface area (Å²) in [7, 11) is 0. The van der Waals surface area contributed by atoms with Gasteiger partial charge >= 0.3 is 0 Å². The molecular weight excluding hydrogens is 409 g/mol. The lowest BCUT2D eigenvalue weighted by Gasteiger charge is -2.11. The zero-order valence-electron chi connectivity index (χ0n) is 15.3.